The molecule has 0 fully saturated rings. The average Bonchev–Trinajstić information content (AvgIpc) is 2.88. The Bertz CT molecular complexity index is 1410. The predicted octanol–water partition coefficient (Wildman–Crippen LogP) is 4.29. The van der Waals surface area contributed by atoms with E-state index in [-0.39, 0.29) is 40.6 Å². The molecule has 1 unspecified atom stereocenters. The van der Waals surface area contributed by atoms with E-state index >= 15 is 0 Å². The van der Waals surface area contributed by atoms with Crippen molar-refractivity contribution in [1.29, 1.82) is 0 Å². The standard InChI is InChI=1S/C26H21ClF2N4O4/c27-18-4-2-6-21(22(18)29)31-13-20(30)25(35)33-12-11-16-17(3-1-5-19(16)28)23(33)24(34)32-15-9-7-14(8-10-15)26(36)37/h1-10,13,23,31H,11-12,30H2,(H,32,34)(H,36,37)/b20-13-. The number of hydrogen-bond acceptors (Lipinski definition) is 5. The Kier molecular flexibility index (Phi) is 7.40. The summed E-state index contributed by atoms with van der Waals surface area (Å²) in [5.74, 6) is -3.74. The monoisotopic (exact) mass is 526 g/mol. The van der Waals surface area contributed by atoms with Crippen molar-refractivity contribution in [3.05, 3.63) is 106 Å². The molecule has 0 radical (unpaired) electrons. The van der Waals surface area contributed by atoms with Gasteiger partial charge in [0.25, 0.3) is 11.8 Å². The van der Waals surface area contributed by atoms with Crippen molar-refractivity contribution in [3.63, 3.8) is 0 Å². The molecule has 0 spiro atoms. The molecule has 8 nitrogen and oxygen atoms in total. The zero-order valence-corrected chi connectivity index (χ0v) is 19.9. The van der Waals surface area contributed by atoms with Crippen LogP contribution in [-0.2, 0) is 16.0 Å². The van der Waals surface area contributed by atoms with Gasteiger partial charge in [-0.2, -0.15) is 0 Å². The first-order valence-electron chi connectivity index (χ1n) is 11.1. The number of carbonyl (C=O) groups excluding carboxylic acids is 2. The number of carboxylic acids is 1. The third kappa shape index (κ3) is 5.39. The highest BCUT2D eigenvalue weighted by Gasteiger charge is 2.37. The van der Waals surface area contributed by atoms with E-state index in [1.807, 2.05) is 0 Å². The molecule has 37 heavy (non-hydrogen) atoms. The van der Waals surface area contributed by atoms with Gasteiger partial charge in [0.2, 0.25) is 0 Å². The number of fused-ring (bicyclic) bond motifs is 1. The van der Waals surface area contributed by atoms with Gasteiger partial charge in [-0.25, -0.2) is 13.6 Å². The van der Waals surface area contributed by atoms with Crippen LogP contribution in [0.4, 0.5) is 20.2 Å². The van der Waals surface area contributed by atoms with Gasteiger partial charge in [0, 0.05) is 18.4 Å². The summed E-state index contributed by atoms with van der Waals surface area (Å²) in [6.07, 6.45) is 1.24. The summed E-state index contributed by atoms with van der Waals surface area (Å²) in [7, 11) is 0. The molecule has 11 heteroatoms. The second kappa shape index (κ2) is 10.7. The van der Waals surface area contributed by atoms with Crippen molar-refractivity contribution in [2.45, 2.75) is 12.5 Å². The molecule has 1 atom stereocenters. The SMILES string of the molecule is N/C(=C\Nc1cccc(Cl)c1F)C(=O)N1CCc2c(F)cccc2C1C(=O)Nc1ccc(C(=O)O)cc1. The van der Waals surface area contributed by atoms with Gasteiger partial charge < -0.3 is 26.4 Å². The number of nitrogens with zero attached hydrogens (tertiary/aromatic N) is 1. The van der Waals surface area contributed by atoms with Gasteiger partial charge in [0.15, 0.2) is 5.82 Å². The number of anilines is 2. The average molecular weight is 527 g/mol. The number of aromatic carboxylic acids is 1. The minimum absolute atomic E-state index is 0.00610. The summed E-state index contributed by atoms with van der Waals surface area (Å²) < 4.78 is 28.7. The lowest BCUT2D eigenvalue weighted by Crippen LogP contribution is -2.47. The lowest BCUT2D eigenvalue weighted by atomic mass is 9.91. The summed E-state index contributed by atoms with van der Waals surface area (Å²) in [5, 5.41) is 14.2. The fraction of sp³-hybridized carbons (Fsp3) is 0.115. The molecule has 1 aliphatic rings. The summed E-state index contributed by atoms with van der Waals surface area (Å²) >= 11 is 5.77. The first kappa shape index (κ1) is 25.6. The number of carbonyl (C=O) groups is 3. The largest absolute Gasteiger partial charge is 0.478 e. The summed E-state index contributed by atoms with van der Waals surface area (Å²) in [6.45, 7) is -0.0110. The topological polar surface area (TPSA) is 125 Å². The van der Waals surface area contributed by atoms with Gasteiger partial charge in [0.1, 0.15) is 17.6 Å². The first-order chi connectivity index (χ1) is 17.7. The van der Waals surface area contributed by atoms with Crippen molar-refractivity contribution in [3.8, 4) is 0 Å². The lowest BCUT2D eigenvalue weighted by Gasteiger charge is -2.36. The van der Waals surface area contributed by atoms with E-state index in [9.17, 15) is 23.2 Å². The van der Waals surface area contributed by atoms with E-state index in [1.165, 1.54) is 59.5 Å². The third-order valence-electron chi connectivity index (χ3n) is 5.85. The number of halogens is 3. The van der Waals surface area contributed by atoms with Gasteiger partial charge >= 0.3 is 5.97 Å². The zero-order valence-electron chi connectivity index (χ0n) is 19.2. The predicted molar refractivity (Wildman–Crippen MR) is 134 cm³/mol. The molecule has 5 N–H and O–H groups in total. The number of amides is 2. The van der Waals surface area contributed by atoms with Crippen LogP contribution in [0.3, 0.4) is 0 Å². The maximum atomic E-state index is 14.5. The third-order valence-corrected chi connectivity index (χ3v) is 6.15. The number of benzene rings is 3. The molecule has 0 bridgehead atoms. The number of carboxylic acid groups (broad SMARTS) is 1. The highest BCUT2D eigenvalue weighted by atomic mass is 35.5. The molecule has 0 saturated carbocycles. The smallest absolute Gasteiger partial charge is 0.335 e. The summed E-state index contributed by atoms with van der Waals surface area (Å²) in [6, 6.07) is 12.7. The van der Waals surface area contributed by atoms with Crippen LogP contribution in [0.25, 0.3) is 0 Å². The Morgan fingerprint density at radius 3 is 2.46 bits per heavy atom. The maximum absolute atomic E-state index is 14.5. The highest BCUT2D eigenvalue weighted by Crippen LogP contribution is 2.33. The van der Waals surface area contributed by atoms with Crippen molar-refractivity contribution >= 4 is 40.8 Å². The van der Waals surface area contributed by atoms with Crippen LogP contribution in [0.5, 0.6) is 0 Å². The van der Waals surface area contributed by atoms with E-state index in [0.717, 1.165) is 6.20 Å². The zero-order chi connectivity index (χ0) is 26.7. The molecule has 2 amide bonds. The van der Waals surface area contributed by atoms with Gasteiger partial charge in [0.05, 0.1) is 16.3 Å². The molecule has 4 rings (SSSR count). The number of nitrogens with one attached hydrogen (secondary N) is 2. The second-order valence-corrected chi connectivity index (χ2v) is 8.58. The Morgan fingerprint density at radius 1 is 1.05 bits per heavy atom. The molecule has 0 saturated heterocycles. The fourth-order valence-electron chi connectivity index (χ4n) is 4.03. The quantitative estimate of drug-likeness (QED) is 0.355. The van der Waals surface area contributed by atoms with Crippen LogP contribution in [0.2, 0.25) is 5.02 Å². The van der Waals surface area contributed by atoms with E-state index in [4.69, 9.17) is 22.4 Å². The van der Waals surface area contributed by atoms with Crippen molar-refractivity contribution in [2.75, 3.05) is 17.2 Å². The van der Waals surface area contributed by atoms with E-state index in [1.54, 1.807) is 6.07 Å². The molecular formula is C26H21ClF2N4O4. The fourth-order valence-corrected chi connectivity index (χ4v) is 4.21. The maximum Gasteiger partial charge on any atom is 0.335 e. The van der Waals surface area contributed by atoms with Crippen LogP contribution in [-0.4, -0.2) is 34.3 Å². The molecule has 3 aromatic rings. The first-order valence-corrected chi connectivity index (χ1v) is 11.4. The van der Waals surface area contributed by atoms with Crippen molar-refractivity contribution < 1.29 is 28.3 Å². The van der Waals surface area contributed by atoms with Crippen LogP contribution in [0.15, 0.2) is 72.6 Å². The molecule has 1 heterocycles. The molecule has 190 valence electrons. The van der Waals surface area contributed by atoms with E-state index in [0.29, 0.717) is 11.1 Å². The Balaban J connectivity index is 1.62. The van der Waals surface area contributed by atoms with Crippen LogP contribution < -0.4 is 16.4 Å². The minimum Gasteiger partial charge on any atom is -0.478 e. The van der Waals surface area contributed by atoms with E-state index in [2.05, 4.69) is 10.6 Å². The van der Waals surface area contributed by atoms with Crippen molar-refractivity contribution in [2.24, 2.45) is 5.73 Å². The van der Waals surface area contributed by atoms with Crippen LogP contribution >= 0.6 is 11.6 Å². The number of rotatable bonds is 6. The normalized spacial score (nSPS) is 15.1. The molecule has 3 aromatic carbocycles. The Labute approximate surface area is 215 Å². The van der Waals surface area contributed by atoms with E-state index < -0.39 is 35.5 Å². The van der Waals surface area contributed by atoms with Gasteiger partial charge in [-0.05, 0) is 60.0 Å². The highest BCUT2D eigenvalue weighted by molar-refractivity contribution is 6.31. The Hall–Kier alpha value is -4.44. The number of hydrogen-bond donors (Lipinski definition) is 4. The van der Waals surface area contributed by atoms with Crippen LogP contribution in [0.1, 0.15) is 27.5 Å². The Morgan fingerprint density at radius 2 is 1.76 bits per heavy atom. The van der Waals surface area contributed by atoms with Crippen molar-refractivity contribution in [1.82, 2.24) is 4.90 Å². The second-order valence-electron chi connectivity index (χ2n) is 8.18. The minimum atomic E-state index is -1.24. The molecule has 0 aromatic heterocycles. The van der Waals surface area contributed by atoms with Crippen LogP contribution in [0, 0.1) is 11.6 Å². The lowest BCUT2D eigenvalue weighted by molar-refractivity contribution is -0.136. The number of nitrogens with two attached hydrogens (primary N) is 1. The molecular weight excluding hydrogens is 506 g/mol. The van der Waals surface area contributed by atoms with Gasteiger partial charge in [-0.15, -0.1) is 0 Å². The summed E-state index contributed by atoms with van der Waals surface area (Å²) in [5.41, 5.74) is 6.57. The van der Waals surface area contributed by atoms with Gasteiger partial charge in [-0.3, -0.25) is 9.59 Å². The summed E-state index contributed by atoms with van der Waals surface area (Å²) in [4.78, 5) is 39.0. The molecule has 1 aliphatic heterocycles. The molecule has 0 aliphatic carbocycles. The van der Waals surface area contributed by atoms with Gasteiger partial charge in [-0.1, -0.05) is 29.8 Å².